The van der Waals surface area contributed by atoms with Crippen LogP contribution in [0.3, 0.4) is 0 Å². The summed E-state index contributed by atoms with van der Waals surface area (Å²) in [6.45, 7) is 0. The summed E-state index contributed by atoms with van der Waals surface area (Å²) in [4.78, 5) is 3.48. The molecule has 3 nitrogen and oxygen atoms in total. The predicted octanol–water partition coefficient (Wildman–Crippen LogP) is 2.24. The van der Waals surface area contributed by atoms with E-state index < -0.39 is 11.7 Å². The molecular weight excluding hydrogens is 197 g/mol. The second kappa shape index (κ2) is 2.63. The van der Waals surface area contributed by atoms with Crippen LogP contribution in [0.4, 0.5) is 13.2 Å². The summed E-state index contributed by atoms with van der Waals surface area (Å²) >= 11 is 0. The first-order valence-corrected chi connectivity index (χ1v) is 3.72. The van der Waals surface area contributed by atoms with Crippen molar-refractivity contribution in [1.82, 2.24) is 9.71 Å². The van der Waals surface area contributed by atoms with Gasteiger partial charge in [-0.1, -0.05) is 0 Å². The lowest BCUT2D eigenvalue weighted by atomic mass is 10.1. The number of rotatable bonds is 0. The molecule has 0 aromatic rings. The third kappa shape index (κ3) is 1.19. The number of alkyl halides is 3. The molecule has 0 radical (unpaired) electrons. The molecule has 74 valence electrons. The SMILES string of the molecule is On1cccc2c(C(F)(F)F)cnc1-2. The van der Waals surface area contributed by atoms with E-state index >= 15 is 0 Å². The molecule has 0 atom stereocenters. The van der Waals surface area contributed by atoms with Gasteiger partial charge in [0.2, 0.25) is 0 Å². The van der Waals surface area contributed by atoms with Crippen LogP contribution in [0.2, 0.25) is 0 Å². The highest BCUT2D eigenvalue weighted by atomic mass is 19.4. The molecule has 2 aliphatic rings. The van der Waals surface area contributed by atoms with E-state index in [1.165, 1.54) is 18.3 Å². The first-order chi connectivity index (χ1) is 6.50. The fraction of sp³-hybridized carbons (Fsp3) is 0.125. The molecule has 0 saturated carbocycles. The van der Waals surface area contributed by atoms with Crippen LogP contribution in [-0.2, 0) is 6.18 Å². The Hall–Kier alpha value is -1.72. The Kier molecular flexibility index (Phi) is 1.67. The highest BCUT2D eigenvalue weighted by Crippen LogP contribution is 2.37. The molecule has 1 N–H and O–H groups in total. The smallest absolute Gasteiger partial charge is 0.418 e. The van der Waals surface area contributed by atoms with E-state index in [9.17, 15) is 13.2 Å². The van der Waals surface area contributed by atoms with Gasteiger partial charge in [-0.15, -0.1) is 0 Å². The molecule has 2 rings (SSSR count). The summed E-state index contributed by atoms with van der Waals surface area (Å²) in [5.41, 5.74) is -0.946. The van der Waals surface area contributed by atoms with Crippen molar-refractivity contribution in [2.45, 2.75) is 6.18 Å². The summed E-state index contributed by atoms with van der Waals surface area (Å²) in [6, 6.07) is 2.58. The van der Waals surface area contributed by atoms with Crippen molar-refractivity contribution in [2.75, 3.05) is 0 Å². The number of hydrogen-bond acceptors (Lipinski definition) is 2. The van der Waals surface area contributed by atoms with Gasteiger partial charge in [-0.25, -0.2) is 4.98 Å². The Balaban J connectivity index is 2.65. The summed E-state index contributed by atoms with van der Waals surface area (Å²) in [7, 11) is 0. The van der Waals surface area contributed by atoms with E-state index in [0.717, 1.165) is 0 Å². The summed E-state index contributed by atoms with van der Waals surface area (Å²) in [6.07, 6.45) is -2.52. The van der Waals surface area contributed by atoms with E-state index in [0.29, 0.717) is 10.9 Å². The van der Waals surface area contributed by atoms with E-state index in [1.807, 2.05) is 0 Å². The van der Waals surface area contributed by atoms with Crippen LogP contribution in [0, 0.1) is 0 Å². The van der Waals surface area contributed by atoms with E-state index in [4.69, 9.17) is 5.21 Å². The van der Waals surface area contributed by atoms with Gasteiger partial charge in [0, 0.05) is 18.0 Å². The number of aromatic nitrogens is 2. The van der Waals surface area contributed by atoms with Crippen LogP contribution in [0.1, 0.15) is 5.56 Å². The van der Waals surface area contributed by atoms with Gasteiger partial charge < -0.3 is 5.21 Å². The fourth-order valence-corrected chi connectivity index (χ4v) is 1.25. The van der Waals surface area contributed by atoms with Crippen molar-refractivity contribution >= 4 is 0 Å². The average Bonchev–Trinajstić information content (AvgIpc) is 2.47. The molecule has 0 unspecified atom stereocenters. The molecule has 0 spiro atoms. The lowest BCUT2D eigenvalue weighted by Crippen LogP contribution is -2.05. The van der Waals surface area contributed by atoms with Gasteiger partial charge in [0.15, 0.2) is 5.82 Å². The maximum absolute atomic E-state index is 12.4. The number of fused-ring (bicyclic) bond motifs is 1. The van der Waals surface area contributed by atoms with E-state index in [2.05, 4.69) is 4.98 Å². The van der Waals surface area contributed by atoms with Crippen LogP contribution in [0.15, 0.2) is 24.5 Å². The van der Waals surface area contributed by atoms with Crippen molar-refractivity contribution < 1.29 is 18.4 Å². The van der Waals surface area contributed by atoms with Gasteiger partial charge in [0.1, 0.15) is 0 Å². The quantitative estimate of drug-likeness (QED) is 0.665. The van der Waals surface area contributed by atoms with Gasteiger partial charge in [0.05, 0.1) is 5.56 Å². The van der Waals surface area contributed by atoms with Crippen molar-refractivity contribution in [2.24, 2.45) is 0 Å². The Morgan fingerprint density at radius 2 is 2.07 bits per heavy atom. The molecule has 14 heavy (non-hydrogen) atoms. The first-order valence-electron chi connectivity index (χ1n) is 3.72. The van der Waals surface area contributed by atoms with Gasteiger partial charge in [-0.2, -0.15) is 17.9 Å². The van der Waals surface area contributed by atoms with Crippen LogP contribution in [0.5, 0.6) is 0 Å². The van der Waals surface area contributed by atoms with E-state index in [-0.39, 0.29) is 11.4 Å². The second-order valence-corrected chi connectivity index (χ2v) is 2.76. The normalized spacial score (nSPS) is 12.2. The maximum atomic E-state index is 12.4. The molecule has 0 aromatic carbocycles. The topological polar surface area (TPSA) is 38.0 Å². The zero-order valence-electron chi connectivity index (χ0n) is 6.78. The summed E-state index contributed by atoms with van der Waals surface area (Å²) in [5.74, 6) is -0.0974. The largest absolute Gasteiger partial charge is 0.427 e. The Morgan fingerprint density at radius 1 is 1.36 bits per heavy atom. The Bertz CT molecular complexity index is 435. The minimum atomic E-state index is -4.44. The molecule has 2 aliphatic heterocycles. The number of halogens is 3. The third-order valence-electron chi connectivity index (χ3n) is 1.86. The summed E-state index contributed by atoms with van der Waals surface area (Å²) < 4.78 is 37.6. The number of nitrogens with zero attached hydrogens (tertiary/aromatic N) is 2. The predicted molar refractivity (Wildman–Crippen MR) is 41.0 cm³/mol. The molecule has 0 amide bonds. The molecular formula is C8H5F3N2O. The minimum Gasteiger partial charge on any atom is -0.427 e. The molecule has 0 fully saturated rings. The van der Waals surface area contributed by atoms with Gasteiger partial charge in [0.25, 0.3) is 0 Å². The standard InChI is InChI=1S/C8H5F3N2O/c9-8(10,11)6-4-12-7-5(6)2-1-3-13(7)14/h1-4,14H. The molecule has 6 heteroatoms. The van der Waals surface area contributed by atoms with Crippen LogP contribution in [-0.4, -0.2) is 14.9 Å². The minimum absolute atomic E-state index is 0.0974. The molecule has 0 aliphatic carbocycles. The van der Waals surface area contributed by atoms with E-state index in [1.54, 1.807) is 0 Å². The zero-order valence-corrected chi connectivity index (χ0v) is 6.78. The van der Waals surface area contributed by atoms with Crippen molar-refractivity contribution in [3.63, 3.8) is 0 Å². The number of hydrogen-bond donors (Lipinski definition) is 1. The highest BCUT2D eigenvalue weighted by molar-refractivity contribution is 5.63. The third-order valence-corrected chi connectivity index (χ3v) is 1.86. The first kappa shape index (κ1) is 8.86. The molecule has 0 saturated heterocycles. The monoisotopic (exact) mass is 202 g/mol. The van der Waals surface area contributed by atoms with Crippen LogP contribution < -0.4 is 0 Å². The van der Waals surface area contributed by atoms with Gasteiger partial charge >= 0.3 is 6.18 Å². The lowest BCUT2D eigenvalue weighted by molar-refractivity contribution is -0.137. The fourth-order valence-electron chi connectivity index (χ4n) is 1.25. The van der Waals surface area contributed by atoms with Gasteiger partial charge in [-0.3, -0.25) is 0 Å². The highest BCUT2D eigenvalue weighted by Gasteiger charge is 2.36. The molecule has 2 heterocycles. The molecule has 0 bridgehead atoms. The van der Waals surface area contributed by atoms with Crippen molar-refractivity contribution in [3.05, 3.63) is 30.1 Å². The number of pyridine rings is 1. The zero-order chi connectivity index (χ0) is 10.3. The van der Waals surface area contributed by atoms with Gasteiger partial charge in [-0.05, 0) is 12.1 Å². The van der Waals surface area contributed by atoms with Crippen molar-refractivity contribution in [3.8, 4) is 11.4 Å². The summed E-state index contributed by atoms with van der Waals surface area (Å²) in [5, 5.41) is 9.14. The molecule has 0 aromatic heterocycles. The Morgan fingerprint density at radius 3 is 2.71 bits per heavy atom. The Labute approximate surface area is 76.7 Å². The van der Waals surface area contributed by atoms with Crippen molar-refractivity contribution in [1.29, 1.82) is 0 Å². The van der Waals surface area contributed by atoms with Crippen LogP contribution >= 0.6 is 0 Å². The maximum Gasteiger partial charge on any atom is 0.418 e. The van der Waals surface area contributed by atoms with Crippen LogP contribution in [0.25, 0.3) is 11.4 Å². The average molecular weight is 202 g/mol. The lowest BCUT2D eigenvalue weighted by Gasteiger charge is -2.07. The second-order valence-electron chi connectivity index (χ2n) is 2.76.